The van der Waals surface area contributed by atoms with Gasteiger partial charge in [0.1, 0.15) is 0 Å². The van der Waals surface area contributed by atoms with Gasteiger partial charge in [-0.3, -0.25) is 0 Å². The lowest BCUT2D eigenvalue weighted by molar-refractivity contribution is 0.178. The first-order valence-corrected chi connectivity index (χ1v) is 6.56. The molecule has 0 aliphatic rings. The zero-order chi connectivity index (χ0) is 13.5. The van der Waals surface area contributed by atoms with E-state index in [0.717, 1.165) is 17.1 Å². The topological polar surface area (TPSA) is 24.5 Å². The van der Waals surface area contributed by atoms with Crippen LogP contribution in [-0.2, 0) is 11.3 Å². The Morgan fingerprint density at radius 3 is 2.89 bits per heavy atom. The van der Waals surface area contributed by atoms with Gasteiger partial charge in [-0.2, -0.15) is 0 Å². The van der Waals surface area contributed by atoms with E-state index in [-0.39, 0.29) is 6.04 Å². The van der Waals surface area contributed by atoms with Gasteiger partial charge in [-0.15, -0.1) is 0 Å². The number of rotatable bonds is 5. The molecule has 0 saturated carbocycles. The van der Waals surface area contributed by atoms with Crippen molar-refractivity contribution in [2.75, 3.05) is 20.8 Å². The molecule has 0 spiro atoms. The highest BCUT2D eigenvalue weighted by atomic mass is 35.5. The van der Waals surface area contributed by atoms with Crippen molar-refractivity contribution in [3.05, 3.63) is 34.9 Å². The standard InChI is InChI=1S/C13H19ClN2OS/c1-10(9-17-3)15-13(18)16(2)8-11-5-4-6-12(14)7-11/h4-7,10H,8-9H2,1-3H3,(H,15,18). The van der Waals surface area contributed by atoms with Crippen LogP contribution in [-0.4, -0.2) is 36.8 Å². The van der Waals surface area contributed by atoms with E-state index < -0.39 is 0 Å². The Balaban J connectivity index is 2.49. The van der Waals surface area contributed by atoms with Gasteiger partial charge in [0.2, 0.25) is 0 Å². The van der Waals surface area contributed by atoms with Crippen LogP contribution < -0.4 is 5.32 Å². The Labute approximate surface area is 119 Å². The Kier molecular flexibility index (Phi) is 6.39. The molecule has 1 aromatic rings. The summed E-state index contributed by atoms with van der Waals surface area (Å²) in [5.74, 6) is 0. The van der Waals surface area contributed by atoms with Gasteiger partial charge in [-0.1, -0.05) is 23.7 Å². The second-order valence-corrected chi connectivity index (χ2v) is 5.11. The monoisotopic (exact) mass is 286 g/mol. The van der Waals surface area contributed by atoms with Gasteiger partial charge in [0.15, 0.2) is 5.11 Å². The molecular formula is C13H19ClN2OS. The number of nitrogens with one attached hydrogen (secondary N) is 1. The molecule has 0 saturated heterocycles. The summed E-state index contributed by atoms with van der Waals surface area (Å²) in [4.78, 5) is 1.98. The van der Waals surface area contributed by atoms with Gasteiger partial charge in [0.25, 0.3) is 0 Å². The van der Waals surface area contributed by atoms with Crippen LogP contribution in [0.5, 0.6) is 0 Å². The van der Waals surface area contributed by atoms with E-state index in [0.29, 0.717) is 11.7 Å². The minimum Gasteiger partial charge on any atom is -0.383 e. The smallest absolute Gasteiger partial charge is 0.169 e. The summed E-state index contributed by atoms with van der Waals surface area (Å²) in [5, 5.41) is 4.67. The molecule has 0 aromatic heterocycles. The van der Waals surface area contributed by atoms with Gasteiger partial charge >= 0.3 is 0 Å². The minimum absolute atomic E-state index is 0.198. The maximum absolute atomic E-state index is 5.95. The third kappa shape index (κ3) is 5.21. The highest BCUT2D eigenvalue weighted by Crippen LogP contribution is 2.12. The third-order valence-electron chi connectivity index (χ3n) is 2.44. The number of hydrogen-bond acceptors (Lipinski definition) is 2. The Morgan fingerprint density at radius 1 is 1.56 bits per heavy atom. The summed E-state index contributed by atoms with van der Waals surface area (Å²) < 4.78 is 5.06. The molecule has 0 heterocycles. The van der Waals surface area contributed by atoms with Crippen molar-refractivity contribution in [3.8, 4) is 0 Å². The molecule has 0 aliphatic carbocycles. The molecule has 1 unspecified atom stereocenters. The summed E-state index contributed by atoms with van der Waals surface area (Å²) in [6.45, 7) is 3.39. The second kappa shape index (κ2) is 7.56. The van der Waals surface area contributed by atoms with Gasteiger partial charge in [-0.25, -0.2) is 0 Å². The normalized spacial score (nSPS) is 12.0. The van der Waals surface area contributed by atoms with E-state index in [1.165, 1.54) is 0 Å². The summed E-state index contributed by atoms with van der Waals surface area (Å²) in [6, 6.07) is 7.98. The first-order chi connectivity index (χ1) is 8.52. The molecule has 1 N–H and O–H groups in total. The Hall–Kier alpha value is -0.840. The van der Waals surface area contributed by atoms with E-state index in [1.54, 1.807) is 7.11 Å². The van der Waals surface area contributed by atoms with E-state index in [9.17, 15) is 0 Å². The molecule has 0 radical (unpaired) electrons. The summed E-state index contributed by atoms with van der Waals surface area (Å²) in [7, 11) is 3.63. The molecule has 100 valence electrons. The predicted octanol–water partition coefficient (Wildman–Crippen LogP) is 2.68. The van der Waals surface area contributed by atoms with E-state index in [4.69, 9.17) is 28.6 Å². The molecule has 1 aromatic carbocycles. The third-order valence-corrected chi connectivity index (χ3v) is 3.11. The van der Waals surface area contributed by atoms with Crippen molar-refractivity contribution in [1.29, 1.82) is 0 Å². The molecular weight excluding hydrogens is 268 g/mol. The summed E-state index contributed by atoms with van der Waals surface area (Å²) in [5.41, 5.74) is 1.13. The fourth-order valence-electron chi connectivity index (χ4n) is 1.59. The van der Waals surface area contributed by atoms with Crippen molar-refractivity contribution < 1.29 is 4.74 Å². The Bertz CT molecular complexity index is 400. The van der Waals surface area contributed by atoms with Crippen LogP contribution in [0.3, 0.4) is 0 Å². The molecule has 18 heavy (non-hydrogen) atoms. The van der Waals surface area contributed by atoms with Crippen molar-refractivity contribution in [3.63, 3.8) is 0 Å². The van der Waals surface area contributed by atoms with Gasteiger partial charge < -0.3 is 15.0 Å². The van der Waals surface area contributed by atoms with Crippen molar-refractivity contribution >= 4 is 28.9 Å². The number of ether oxygens (including phenoxy) is 1. The summed E-state index contributed by atoms with van der Waals surface area (Å²) >= 11 is 11.3. The maximum atomic E-state index is 5.95. The lowest BCUT2D eigenvalue weighted by atomic mass is 10.2. The fraction of sp³-hybridized carbons (Fsp3) is 0.462. The highest BCUT2D eigenvalue weighted by molar-refractivity contribution is 7.80. The first kappa shape index (κ1) is 15.2. The SMILES string of the molecule is COCC(C)NC(=S)N(C)Cc1cccc(Cl)c1. The quantitative estimate of drug-likeness (QED) is 0.841. The number of benzene rings is 1. The highest BCUT2D eigenvalue weighted by Gasteiger charge is 2.08. The molecule has 0 amide bonds. The second-order valence-electron chi connectivity index (χ2n) is 4.29. The molecule has 0 fully saturated rings. The molecule has 0 aliphatic heterocycles. The number of hydrogen-bond donors (Lipinski definition) is 1. The number of halogens is 1. The zero-order valence-corrected chi connectivity index (χ0v) is 12.5. The van der Waals surface area contributed by atoms with E-state index >= 15 is 0 Å². The lowest BCUT2D eigenvalue weighted by Crippen LogP contribution is -2.43. The van der Waals surface area contributed by atoms with Crippen LogP contribution in [0.4, 0.5) is 0 Å². The fourth-order valence-corrected chi connectivity index (χ4v) is 2.07. The molecule has 1 rings (SSSR count). The number of nitrogens with zero attached hydrogens (tertiary/aromatic N) is 1. The van der Waals surface area contributed by atoms with Crippen molar-refractivity contribution in [2.45, 2.75) is 19.5 Å². The predicted molar refractivity (Wildman–Crippen MR) is 80.0 cm³/mol. The molecule has 1 atom stereocenters. The maximum Gasteiger partial charge on any atom is 0.169 e. The average molecular weight is 287 g/mol. The van der Waals surface area contributed by atoms with Gasteiger partial charge in [0.05, 0.1) is 6.61 Å². The van der Waals surface area contributed by atoms with Gasteiger partial charge in [-0.05, 0) is 36.8 Å². The van der Waals surface area contributed by atoms with E-state index in [1.807, 2.05) is 43.1 Å². The van der Waals surface area contributed by atoms with Crippen molar-refractivity contribution in [2.24, 2.45) is 0 Å². The summed E-state index contributed by atoms with van der Waals surface area (Å²) in [6.07, 6.45) is 0. The largest absolute Gasteiger partial charge is 0.383 e. The van der Waals surface area contributed by atoms with Gasteiger partial charge in [0, 0.05) is 31.8 Å². The van der Waals surface area contributed by atoms with Crippen LogP contribution in [0.25, 0.3) is 0 Å². The lowest BCUT2D eigenvalue weighted by Gasteiger charge is -2.24. The van der Waals surface area contributed by atoms with E-state index in [2.05, 4.69) is 5.32 Å². The molecule has 0 bridgehead atoms. The zero-order valence-electron chi connectivity index (χ0n) is 10.9. The Morgan fingerprint density at radius 2 is 2.28 bits per heavy atom. The minimum atomic E-state index is 0.198. The van der Waals surface area contributed by atoms with Crippen LogP contribution in [0, 0.1) is 0 Å². The first-order valence-electron chi connectivity index (χ1n) is 5.78. The van der Waals surface area contributed by atoms with Crippen LogP contribution in [0.2, 0.25) is 5.02 Å². The van der Waals surface area contributed by atoms with Crippen LogP contribution in [0.15, 0.2) is 24.3 Å². The van der Waals surface area contributed by atoms with Crippen LogP contribution in [0.1, 0.15) is 12.5 Å². The average Bonchev–Trinajstić information content (AvgIpc) is 2.29. The van der Waals surface area contributed by atoms with Crippen molar-refractivity contribution in [1.82, 2.24) is 10.2 Å². The number of methoxy groups -OCH3 is 1. The number of thiocarbonyl (C=S) groups is 1. The van der Waals surface area contributed by atoms with Crippen LogP contribution >= 0.6 is 23.8 Å². The molecule has 5 heteroatoms. The molecule has 3 nitrogen and oxygen atoms in total.